The summed E-state index contributed by atoms with van der Waals surface area (Å²) in [6.07, 6.45) is 0. The fourth-order valence-electron chi connectivity index (χ4n) is 0.778. The molecule has 0 aromatic heterocycles. The quantitative estimate of drug-likeness (QED) is 0.569. The zero-order valence-corrected chi connectivity index (χ0v) is 7.34. The van der Waals surface area contributed by atoms with Crippen LogP contribution in [0.3, 0.4) is 0 Å². The van der Waals surface area contributed by atoms with Crippen molar-refractivity contribution in [3.63, 3.8) is 0 Å². The SMILES string of the molecule is CC(N)c1ccc(O)cc1.O=CO. The molecule has 0 saturated carbocycles. The third-order valence-electron chi connectivity index (χ3n) is 1.42. The Morgan fingerprint density at radius 3 is 2.08 bits per heavy atom. The summed E-state index contributed by atoms with van der Waals surface area (Å²) in [6.45, 7) is 1.66. The van der Waals surface area contributed by atoms with Crippen molar-refractivity contribution in [3.8, 4) is 5.75 Å². The van der Waals surface area contributed by atoms with Gasteiger partial charge in [0, 0.05) is 6.04 Å². The lowest BCUT2D eigenvalue weighted by Crippen LogP contribution is -2.03. The average Bonchev–Trinajstić information content (AvgIpc) is 2.06. The molecule has 13 heavy (non-hydrogen) atoms. The van der Waals surface area contributed by atoms with Gasteiger partial charge in [0.15, 0.2) is 0 Å². The molecule has 1 atom stereocenters. The van der Waals surface area contributed by atoms with E-state index in [0.717, 1.165) is 5.56 Å². The van der Waals surface area contributed by atoms with Crippen LogP contribution in [0.4, 0.5) is 0 Å². The normalized spacial score (nSPS) is 10.9. The Balaban J connectivity index is 0.000000424. The lowest BCUT2D eigenvalue weighted by Gasteiger charge is -2.03. The van der Waals surface area contributed by atoms with Gasteiger partial charge >= 0.3 is 0 Å². The van der Waals surface area contributed by atoms with Crippen LogP contribution >= 0.6 is 0 Å². The lowest BCUT2D eigenvalue weighted by molar-refractivity contribution is -0.122. The van der Waals surface area contributed by atoms with Gasteiger partial charge in [0.1, 0.15) is 5.75 Å². The average molecular weight is 183 g/mol. The Kier molecular flexibility index (Phi) is 5.30. The van der Waals surface area contributed by atoms with Crippen LogP contribution in [0.1, 0.15) is 18.5 Å². The first kappa shape index (κ1) is 11.4. The maximum absolute atomic E-state index is 8.90. The third-order valence-corrected chi connectivity index (χ3v) is 1.42. The van der Waals surface area contributed by atoms with Gasteiger partial charge in [0.25, 0.3) is 6.47 Å². The summed E-state index contributed by atoms with van der Waals surface area (Å²) in [5, 5.41) is 15.8. The van der Waals surface area contributed by atoms with Crippen LogP contribution in [0.2, 0.25) is 0 Å². The second kappa shape index (κ2) is 6.02. The topological polar surface area (TPSA) is 83.5 Å². The summed E-state index contributed by atoms with van der Waals surface area (Å²) in [4.78, 5) is 8.36. The minimum atomic E-state index is -0.250. The number of rotatable bonds is 1. The second-order valence-corrected chi connectivity index (χ2v) is 2.49. The van der Waals surface area contributed by atoms with Crippen molar-refractivity contribution < 1.29 is 15.0 Å². The zero-order valence-electron chi connectivity index (χ0n) is 7.34. The molecule has 4 nitrogen and oxygen atoms in total. The highest BCUT2D eigenvalue weighted by molar-refractivity contribution is 5.32. The molecular formula is C9H13NO3. The summed E-state index contributed by atoms with van der Waals surface area (Å²) < 4.78 is 0. The van der Waals surface area contributed by atoms with Crippen LogP contribution in [-0.4, -0.2) is 16.7 Å². The largest absolute Gasteiger partial charge is 0.508 e. The predicted octanol–water partition coefficient (Wildman–Crippen LogP) is 1.11. The van der Waals surface area contributed by atoms with E-state index in [1.165, 1.54) is 0 Å². The van der Waals surface area contributed by atoms with Gasteiger partial charge in [-0.3, -0.25) is 4.79 Å². The van der Waals surface area contributed by atoms with Gasteiger partial charge in [0.2, 0.25) is 0 Å². The molecule has 4 N–H and O–H groups in total. The van der Waals surface area contributed by atoms with Crippen LogP contribution in [0.15, 0.2) is 24.3 Å². The Bertz CT molecular complexity index is 244. The molecule has 72 valence electrons. The monoisotopic (exact) mass is 183 g/mol. The Labute approximate surface area is 76.6 Å². The van der Waals surface area contributed by atoms with Crippen LogP contribution in [0, 0.1) is 0 Å². The van der Waals surface area contributed by atoms with Crippen LogP contribution in [0.5, 0.6) is 5.75 Å². The first-order valence-corrected chi connectivity index (χ1v) is 3.74. The van der Waals surface area contributed by atoms with Crippen LogP contribution < -0.4 is 5.73 Å². The second-order valence-electron chi connectivity index (χ2n) is 2.49. The summed E-state index contributed by atoms with van der Waals surface area (Å²) in [5.74, 6) is 0.282. The molecule has 4 heteroatoms. The molecule has 0 heterocycles. The van der Waals surface area contributed by atoms with E-state index < -0.39 is 0 Å². The van der Waals surface area contributed by atoms with Crippen molar-refractivity contribution in [3.05, 3.63) is 29.8 Å². The van der Waals surface area contributed by atoms with E-state index in [9.17, 15) is 0 Å². The van der Waals surface area contributed by atoms with Crippen molar-refractivity contribution in [1.82, 2.24) is 0 Å². The maximum atomic E-state index is 8.90. The number of benzene rings is 1. The summed E-state index contributed by atoms with van der Waals surface area (Å²) >= 11 is 0. The van der Waals surface area contributed by atoms with Crippen LogP contribution in [-0.2, 0) is 4.79 Å². The number of carboxylic acid groups (broad SMARTS) is 1. The van der Waals surface area contributed by atoms with Gasteiger partial charge in [-0.25, -0.2) is 0 Å². The molecule has 0 amide bonds. The molecule has 1 unspecified atom stereocenters. The van der Waals surface area contributed by atoms with Crippen LogP contribution in [0.25, 0.3) is 0 Å². The van der Waals surface area contributed by atoms with E-state index in [0.29, 0.717) is 0 Å². The van der Waals surface area contributed by atoms with Crippen molar-refractivity contribution in [2.75, 3.05) is 0 Å². The van der Waals surface area contributed by atoms with Crippen molar-refractivity contribution >= 4 is 6.47 Å². The highest BCUT2D eigenvalue weighted by Gasteiger charge is 1.96. The number of hydrogen-bond donors (Lipinski definition) is 3. The Morgan fingerprint density at radius 2 is 1.77 bits per heavy atom. The highest BCUT2D eigenvalue weighted by Crippen LogP contribution is 2.13. The van der Waals surface area contributed by atoms with Crippen molar-refractivity contribution in [1.29, 1.82) is 0 Å². The molecule has 0 bridgehead atoms. The van der Waals surface area contributed by atoms with E-state index >= 15 is 0 Å². The summed E-state index contributed by atoms with van der Waals surface area (Å²) in [7, 11) is 0. The lowest BCUT2D eigenvalue weighted by atomic mass is 10.1. The Morgan fingerprint density at radius 1 is 1.38 bits per heavy atom. The molecule has 1 aromatic carbocycles. The minimum Gasteiger partial charge on any atom is -0.508 e. The predicted molar refractivity (Wildman–Crippen MR) is 49.4 cm³/mol. The molecule has 1 aromatic rings. The van der Waals surface area contributed by atoms with Gasteiger partial charge in [-0.1, -0.05) is 12.1 Å². The molecule has 0 aliphatic heterocycles. The molecule has 0 fully saturated rings. The standard InChI is InChI=1S/C8H11NO.CH2O2/c1-6(9)7-2-4-8(10)5-3-7;2-1-3/h2-6,10H,9H2,1H3;1H,(H,2,3). The van der Waals surface area contributed by atoms with E-state index in [1.807, 2.05) is 19.1 Å². The third kappa shape index (κ3) is 4.81. The number of carbonyl (C=O) groups is 1. The first-order valence-electron chi connectivity index (χ1n) is 3.74. The number of phenolic OH excluding ortho intramolecular Hbond substituents is 1. The van der Waals surface area contributed by atoms with Gasteiger partial charge in [-0.15, -0.1) is 0 Å². The molecule has 0 saturated heterocycles. The van der Waals surface area contributed by atoms with Gasteiger partial charge < -0.3 is 15.9 Å². The zero-order chi connectivity index (χ0) is 10.3. The smallest absolute Gasteiger partial charge is 0.290 e. The van der Waals surface area contributed by atoms with E-state index in [4.69, 9.17) is 20.7 Å². The number of phenols is 1. The fourth-order valence-corrected chi connectivity index (χ4v) is 0.778. The Hall–Kier alpha value is -1.55. The highest BCUT2D eigenvalue weighted by atomic mass is 16.3. The van der Waals surface area contributed by atoms with Crippen molar-refractivity contribution in [2.24, 2.45) is 5.73 Å². The number of nitrogens with two attached hydrogens (primary N) is 1. The molecule has 0 aliphatic rings. The molecular weight excluding hydrogens is 170 g/mol. The van der Waals surface area contributed by atoms with Gasteiger partial charge in [0.05, 0.1) is 0 Å². The van der Waals surface area contributed by atoms with Crippen molar-refractivity contribution in [2.45, 2.75) is 13.0 Å². The molecule has 0 spiro atoms. The molecule has 0 aliphatic carbocycles. The van der Waals surface area contributed by atoms with E-state index in [-0.39, 0.29) is 18.3 Å². The molecule has 0 radical (unpaired) electrons. The van der Waals surface area contributed by atoms with E-state index in [1.54, 1.807) is 12.1 Å². The molecule has 1 rings (SSSR count). The fraction of sp³-hybridized carbons (Fsp3) is 0.222. The summed E-state index contributed by atoms with van der Waals surface area (Å²) in [6, 6.07) is 6.96. The first-order chi connectivity index (χ1) is 6.11. The minimum absolute atomic E-state index is 0.0422. The van der Waals surface area contributed by atoms with Gasteiger partial charge in [-0.2, -0.15) is 0 Å². The maximum Gasteiger partial charge on any atom is 0.290 e. The summed E-state index contributed by atoms with van der Waals surface area (Å²) in [5.41, 5.74) is 6.62. The van der Waals surface area contributed by atoms with E-state index in [2.05, 4.69) is 0 Å². The number of hydrogen-bond acceptors (Lipinski definition) is 3. The van der Waals surface area contributed by atoms with Gasteiger partial charge in [-0.05, 0) is 24.6 Å². The number of aromatic hydroxyl groups is 1.